The first-order chi connectivity index (χ1) is 6.43. The number of nitrogens with two attached hydrogens (primary N) is 1. The molecule has 0 saturated carbocycles. The van der Waals surface area contributed by atoms with Gasteiger partial charge in [0.15, 0.2) is 0 Å². The zero-order chi connectivity index (χ0) is 10.9. The second-order valence-corrected chi connectivity index (χ2v) is 3.63. The summed E-state index contributed by atoms with van der Waals surface area (Å²) in [6, 6.07) is 2.73. The lowest BCUT2D eigenvalue weighted by atomic mass is 10.1. The number of rotatable bonds is 2. The highest BCUT2D eigenvalue weighted by Crippen LogP contribution is 2.29. The van der Waals surface area contributed by atoms with Gasteiger partial charge in [-0.05, 0) is 28.9 Å². The molecule has 0 heterocycles. The zero-order valence-electron chi connectivity index (χ0n) is 7.37. The molecule has 3 N–H and O–H groups in total. The number of anilines is 1. The Bertz CT molecular complexity index is 378. The summed E-state index contributed by atoms with van der Waals surface area (Å²) < 4.78 is 0.332. The van der Waals surface area contributed by atoms with Crippen LogP contribution in [0.15, 0.2) is 16.6 Å². The van der Waals surface area contributed by atoms with Crippen molar-refractivity contribution in [2.75, 3.05) is 5.73 Å². The third-order valence-corrected chi connectivity index (χ3v) is 2.35. The van der Waals surface area contributed by atoms with Gasteiger partial charge in [-0.3, -0.25) is 10.1 Å². The molecule has 0 saturated heterocycles. The number of nitrogen functional groups attached to an aromatic ring is 1. The average Bonchev–Trinajstić information content (AvgIpc) is 2.07. The summed E-state index contributed by atoms with van der Waals surface area (Å²) in [7, 11) is 0. The topological polar surface area (TPSA) is 93.0 Å². The fourth-order valence-electron chi connectivity index (χ4n) is 1.04. The predicted molar refractivity (Wildman–Crippen MR) is 57.7 cm³/mol. The lowest BCUT2D eigenvalue weighted by Crippen LogP contribution is -2.01. The van der Waals surface area contributed by atoms with Crippen LogP contribution in [0.4, 0.5) is 11.4 Å². The van der Waals surface area contributed by atoms with Crippen LogP contribution in [0, 0.1) is 15.5 Å². The molecule has 1 aromatic carbocycles. The summed E-state index contributed by atoms with van der Waals surface area (Å²) in [6.07, 6.45) is 0. The molecule has 0 amide bonds. The van der Waals surface area contributed by atoms with Gasteiger partial charge < -0.3 is 11.1 Å². The maximum Gasteiger partial charge on any atom is 0.285 e. The number of hydrogen-bond acceptors (Lipinski definition) is 4. The minimum atomic E-state index is -0.524. The summed E-state index contributed by atoms with van der Waals surface area (Å²) in [5, 5.41) is 17.9. The van der Waals surface area contributed by atoms with Gasteiger partial charge >= 0.3 is 0 Å². The van der Waals surface area contributed by atoms with Gasteiger partial charge in [-0.1, -0.05) is 0 Å². The molecular formula is C8H8BrN3O2. The number of halogens is 1. The van der Waals surface area contributed by atoms with Crippen molar-refractivity contribution in [2.45, 2.75) is 6.92 Å². The summed E-state index contributed by atoms with van der Waals surface area (Å²) in [5.41, 5.74) is 6.49. The van der Waals surface area contributed by atoms with Crippen molar-refractivity contribution in [1.29, 1.82) is 5.41 Å². The number of nitro benzene ring substituents is 1. The monoisotopic (exact) mass is 257 g/mol. The summed E-state index contributed by atoms with van der Waals surface area (Å²) in [5.74, 6) is 0. The quantitative estimate of drug-likeness (QED) is 0.369. The molecule has 14 heavy (non-hydrogen) atoms. The maximum absolute atomic E-state index is 10.5. The van der Waals surface area contributed by atoms with Crippen molar-refractivity contribution in [2.24, 2.45) is 0 Å². The Labute approximate surface area is 88.7 Å². The highest BCUT2D eigenvalue weighted by molar-refractivity contribution is 9.10. The molecule has 1 rings (SSSR count). The van der Waals surface area contributed by atoms with E-state index in [4.69, 9.17) is 11.1 Å². The second kappa shape index (κ2) is 3.75. The van der Waals surface area contributed by atoms with E-state index in [1.807, 2.05) is 0 Å². The lowest BCUT2D eigenvalue weighted by Gasteiger charge is -2.04. The Morgan fingerprint density at radius 2 is 2.21 bits per heavy atom. The first kappa shape index (κ1) is 10.6. The number of hydrogen-bond donors (Lipinski definition) is 2. The Balaban J connectivity index is 3.38. The maximum atomic E-state index is 10.5. The average molecular weight is 258 g/mol. The Morgan fingerprint density at radius 3 is 2.64 bits per heavy atom. The van der Waals surface area contributed by atoms with E-state index in [1.54, 1.807) is 6.92 Å². The highest BCUT2D eigenvalue weighted by atomic mass is 79.9. The predicted octanol–water partition coefficient (Wildman–Crippen LogP) is 2.33. The molecule has 0 atom stereocenters. The van der Waals surface area contributed by atoms with Crippen LogP contribution in [0.1, 0.15) is 12.5 Å². The van der Waals surface area contributed by atoms with E-state index in [1.165, 1.54) is 12.1 Å². The third-order valence-electron chi connectivity index (χ3n) is 1.72. The number of nitrogens with zero attached hydrogens (tertiary/aromatic N) is 1. The highest BCUT2D eigenvalue weighted by Gasteiger charge is 2.15. The Hall–Kier alpha value is -1.43. The van der Waals surface area contributed by atoms with Crippen LogP contribution in [0.3, 0.4) is 0 Å². The van der Waals surface area contributed by atoms with E-state index in [0.717, 1.165) is 0 Å². The van der Waals surface area contributed by atoms with Gasteiger partial charge in [0.1, 0.15) is 0 Å². The van der Waals surface area contributed by atoms with E-state index in [9.17, 15) is 10.1 Å². The SMILES string of the molecule is CC(=N)c1cc(Br)c([N+](=O)[O-])cc1N. The van der Waals surface area contributed by atoms with E-state index in [0.29, 0.717) is 10.0 Å². The zero-order valence-corrected chi connectivity index (χ0v) is 8.96. The van der Waals surface area contributed by atoms with Crippen molar-refractivity contribution < 1.29 is 4.92 Å². The molecule has 0 radical (unpaired) electrons. The normalized spacial score (nSPS) is 9.86. The van der Waals surface area contributed by atoms with Gasteiger partial charge in [0.05, 0.1) is 9.40 Å². The van der Waals surface area contributed by atoms with Crippen molar-refractivity contribution in [3.8, 4) is 0 Å². The fraction of sp³-hybridized carbons (Fsp3) is 0.125. The van der Waals surface area contributed by atoms with Crippen LogP contribution in [-0.2, 0) is 0 Å². The number of nitro groups is 1. The van der Waals surface area contributed by atoms with Crippen molar-refractivity contribution in [3.05, 3.63) is 32.3 Å². The van der Waals surface area contributed by atoms with E-state index in [-0.39, 0.29) is 17.1 Å². The van der Waals surface area contributed by atoms with Crippen LogP contribution in [0.25, 0.3) is 0 Å². The molecule has 0 aliphatic carbocycles. The summed E-state index contributed by atoms with van der Waals surface area (Å²) >= 11 is 3.06. The van der Waals surface area contributed by atoms with Gasteiger partial charge in [-0.2, -0.15) is 0 Å². The van der Waals surface area contributed by atoms with Crippen LogP contribution < -0.4 is 5.73 Å². The minimum absolute atomic E-state index is 0.0903. The summed E-state index contributed by atoms with van der Waals surface area (Å²) in [6.45, 7) is 1.57. The Morgan fingerprint density at radius 1 is 1.64 bits per heavy atom. The van der Waals surface area contributed by atoms with Crippen molar-refractivity contribution in [3.63, 3.8) is 0 Å². The van der Waals surface area contributed by atoms with Gasteiger partial charge in [0, 0.05) is 23.0 Å². The second-order valence-electron chi connectivity index (χ2n) is 2.77. The van der Waals surface area contributed by atoms with Gasteiger partial charge in [0.2, 0.25) is 0 Å². The summed E-state index contributed by atoms with van der Waals surface area (Å²) in [4.78, 5) is 10.00. The van der Waals surface area contributed by atoms with E-state index in [2.05, 4.69) is 15.9 Å². The molecule has 5 nitrogen and oxygen atoms in total. The number of benzene rings is 1. The molecule has 0 bridgehead atoms. The molecule has 0 aliphatic rings. The minimum Gasteiger partial charge on any atom is -0.398 e. The molecule has 6 heteroatoms. The van der Waals surface area contributed by atoms with E-state index >= 15 is 0 Å². The first-order valence-electron chi connectivity index (χ1n) is 3.72. The molecule has 0 unspecified atom stereocenters. The van der Waals surface area contributed by atoms with Crippen LogP contribution >= 0.6 is 15.9 Å². The van der Waals surface area contributed by atoms with Crippen LogP contribution in [0.2, 0.25) is 0 Å². The third kappa shape index (κ3) is 1.90. The fourth-order valence-corrected chi connectivity index (χ4v) is 1.53. The molecule has 1 aromatic rings. The van der Waals surface area contributed by atoms with Crippen molar-refractivity contribution >= 4 is 33.0 Å². The van der Waals surface area contributed by atoms with Gasteiger partial charge in [-0.15, -0.1) is 0 Å². The molecule has 0 aliphatic heterocycles. The molecule has 74 valence electrons. The molecule has 0 fully saturated rings. The molecule has 0 aromatic heterocycles. The van der Waals surface area contributed by atoms with Crippen LogP contribution in [0.5, 0.6) is 0 Å². The first-order valence-corrected chi connectivity index (χ1v) is 4.51. The largest absolute Gasteiger partial charge is 0.398 e. The van der Waals surface area contributed by atoms with Gasteiger partial charge in [-0.25, -0.2) is 0 Å². The lowest BCUT2D eigenvalue weighted by molar-refractivity contribution is -0.385. The Kier molecular flexibility index (Phi) is 2.85. The van der Waals surface area contributed by atoms with Crippen LogP contribution in [-0.4, -0.2) is 10.6 Å². The van der Waals surface area contributed by atoms with Gasteiger partial charge in [0.25, 0.3) is 5.69 Å². The molecule has 0 spiro atoms. The number of nitrogens with one attached hydrogen (secondary N) is 1. The molecular weight excluding hydrogens is 250 g/mol. The van der Waals surface area contributed by atoms with Crippen molar-refractivity contribution in [1.82, 2.24) is 0 Å². The standard InChI is InChI=1S/C8H8BrN3O2/c1-4(10)5-2-6(9)8(12(13)14)3-7(5)11/h2-3,10H,11H2,1H3. The van der Waals surface area contributed by atoms with E-state index < -0.39 is 4.92 Å². The smallest absolute Gasteiger partial charge is 0.285 e.